The average Bonchev–Trinajstić information content (AvgIpc) is 2.74. The van der Waals surface area contributed by atoms with E-state index in [9.17, 15) is 0 Å². The summed E-state index contributed by atoms with van der Waals surface area (Å²) in [5, 5.41) is 2.73. The standard InChI is InChI=1S/C14H15BrClNOS/c1-8-5-6-19-14(8)13(9(2)17)18-12-4-3-10(16)7-11(12)15/h3-7,9,13H,17H2,1-2H3. The molecule has 0 saturated heterocycles. The minimum atomic E-state index is -0.155. The Balaban J connectivity index is 2.29. The highest BCUT2D eigenvalue weighted by Gasteiger charge is 2.22. The van der Waals surface area contributed by atoms with Crippen molar-refractivity contribution in [1.82, 2.24) is 0 Å². The van der Waals surface area contributed by atoms with Crippen LogP contribution >= 0.6 is 38.9 Å². The van der Waals surface area contributed by atoms with Gasteiger partial charge in [0.1, 0.15) is 11.9 Å². The molecule has 0 radical (unpaired) electrons. The lowest BCUT2D eigenvalue weighted by Crippen LogP contribution is -2.29. The Hall–Kier alpha value is -0.550. The molecule has 102 valence electrons. The lowest BCUT2D eigenvalue weighted by atomic mass is 10.1. The molecule has 0 aliphatic rings. The molecule has 0 aliphatic carbocycles. The number of aryl methyl sites for hydroxylation is 1. The van der Waals surface area contributed by atoms with Crippen molar-refractivity contribution >= 4 is 38.9 Å². The van der Waals surface area contributed by atoms with Crippen LogP contribution in [0.3, 0.4) is 0 Å². The number of benzene rings is 1. The highest BCUT2D eigenvalue weighted by molar-refractivity contribution is 9.10. The number of nitrogens with two attached hydrogens (primary N) is 1. The zero-order chi connectivity index (χ0) is 14.0. The first-order chi connectivity index (χ1) is 8.99. The van der Waals surface area contributed by atoms with E-state index in [-0.39, 0.29) is 12.1 Å². The largest absolute Gasteiger partial charge is 0.482 e. The molecular weight excluding hydrogens is 346 g/mol. The second-order valence-corrected chi connectivity index (χ2v) is 6.68. The predicted octanol–water partition coefficient (Wildman–Crippen LogP) is 4.94. The molecule has 2 unspecified atom stereocenters. The Labute approximate surface area is 130 Å². The average molecular weight is 361 g/mol. The van der Waals surface area contributed by atoms with Crippen molar-refractivity contribution in [3.8, 4) is 5.75 Å². The normalized spacial score (nSPS) is 14.2. The monoisotopic (exact) mass is 359 g/mol. The molecule has 2 aromatic rings. The van der Waals surface area contributed by atoms with Gasteiger partial charge in [-0.3, -0.25) is 0 Å². The summed E-state index contributed by atoms with van der Waals surface area (Å²) in [5.74, 6) is 0.750. The number of rotatable bonds is 4. The molecular formula is C14H15BrClNOS. The van der Waals surface area contributed by atoms with Crippen molar-refractivity contribution in [3.05, 3.63) is 49.6 Å². The molecule has 2 atom stereocenters. The van der Waals surface area contributed by atoms with Crippen LogP contribution in [-0.4, -0.2) is 6.04 Å². The summed E-state index contributed by atoms with van der Waals surface area (Å²) in [6.07, 6.45) is -0.155. The van der Waals surface area contributed by atoms with Crippen molar-refractivity contribution in [2.45, 2.75) is 26.0 Å². The van der Waals surface area contributed by atoms with E-state index in [1.807, 2.05) is 19.1 Å². The van der Waals surface area contributed by atoms with Crippen LogP contribution in [0, 0.1) is 6.92 Å². The molecule has 0 spiro atoms. The highest BCUT2D eigenvalue weighted by Crippen LogP contribution is 2.35. The summed E-state index contributed by atoms with van der Waals surface area (Å²) in [6.45, 7) is 4.02. The zero-order valence-electron chi connectivity index (χ0n) is 10.7. The molecule has 1 heterocycles. The van der Waals surface area contributed by atoms with Gasteiger partial charge in [-0.1, -0.05) is 11.6 Å². The third-order valence-electron chi connectivity index (χ3n) is 2.79. The maximum Gasteiger partial charge on any atom is 0.148 e. The van der Waals surface area contributed by atoms with E-state index in [1.165, 1.54) is 5.56 Å². The van der Waals surface area contributed by atoms with Gasteiger partial charge < -0.3 is 10.5 Å². The minimum Gasteiger partial charge on any atom is -0.482 e. The SMILES string of the molecule is Cc1ccsc1C(Oc1ccc(Cl)cc1Br)C(C)N. The van der Waals surface area contributed by atoms with Crippen LogP contribution in [0.1, 0.15) is 23.5 Å². The maximum atomic E-state index is 6.07. The van der Waals surface area contributed by atoms with Gasteiger partial charge >= 0.3 is 0 Å². The first-order valence-corrected chi connectivity index (χ1v) is 7.95. The molecule has 5 heteroatoms. The molecule has 0 aliphatic heterocycles. The molecule has 0 amide bonds. The summed E-state index contributed by atoms with van der Waals surface area (Å²) >= 11 is 11.1. The van der Waals surface area contributed by atoms with Gasteiger partial charge in [0.25, 0.3) is 0 Å². The summed E-state index contributed by atoms with van der Waals surface area (Å²) in [7, 11) is 0. The van der Waals surface area contributed by atoms with Gasteiger partial charge in [-0.05, 0) is 65.0 Å². The Morgan fingerprint density at radius 1 is 1.37 bits per heavy atom. The molecule has 0 bridgehead atoms. The molecule has 2 N–H and O–H groups in total. The van der Waals surface area contributed by atoms with Crippen molar-refractivity contribution in [3.63, 3.8) is 0 Å². The maximum absolute atomic E-state index is 6.07. The van der Waals surface area contributed by atoms with E-state index in [0.717, 1.165) is 15.1 Å². The van der Waals surface area contributed by atoms with Crippen LogP contribution in [0.5, 0.6) is 5.75 Å². The van der Waals surface area contributed by atoms with Crippen LogP contribution in [0.15, 0.2) is 34.1 Å². The van der Waals surface area contributed by atoms with E-state index >= 15 is 0 Å². The third kappa shape index (κ3) is 3.51. The summed E-state index contributed by atoms with van der Waals surface area (Å²) in [4.78, 5) is 1.16. The lowest BCUT2D eigenvalue weighted by molar-refractivity contribution is 0.182. The quantitative estimate of drug-likeness (QED) is 0.838. The second-order valence-electron chi connectivity index (χ2n) is 4.44. The number of halogens is 2. The number of hydrogen-bond acceptors (Lipinski definition) is 3. The van der Waals surface area contributed by atoms with Gasteiger partial charge in [0.05, 0.1) is 4.47 Å². The molecule has 1 aromatic carbocycles. The van der Waals surface area contributed by atoms with Crippen molar-refractivity contribution in [1.29, 1.82) is 0 Å². The van der Waals surface area contributed by atoms with Crippen LogP contribution in [-0.2, 0) is 0 Å². The molecule has 1 aromatic heterocycles. The Bertz CT molecular complexity index is 570. The molecule has 0 fully saturated rings. The fraction of sp³-hybridized carbons (Fsp3) is 0.286. The number of ether oxygens (including phenoxy) is 1. The molecule has 2 rings (SSSR count). The van der Waals surface area contributed by atoms with E-state index in [1.54, 1.807) is 17.4 Å². The van der Waals surface area contributed by atoms with Gasteiger partial charge in [-0.2, -0.15) is 0 Å². The molecule has 2 nitrogen and oxygen atoms in total. The fourth-order valence-electron chi connectivity index (χ4n) is 1.78. The smallest absolute Gasteiger partial charge is 0.148 e. The van der Waals surface area contributed by atoms with Crippen molar-refractivity contribution < 1.29 is 4.74 Å². The van der Waals surface area contributed by atoms with Gasteiger partial charge in [0.2, 0.25) is 0 Å². The fourth-order valence-corrected chi connectivity index (χ4v) is 3.63. The van der Waals surface area contributed by atoms with E-state index < -0.39 is 0 Å². The summed E-state index contributed by atoms with van der Waals surface area (Å²) in [6, 6.07) is 7.46. The van der Waals surface area contributed by atoms with Gasteiger partial charge in [-0.25, -0.2) is 0 Å². The zero-order valence-corrected chi connectivity index (χ0v) is 13.8. The van der Waals surface area contributed by atoms with Crippen LogP contribution in [0.2, 0.25) is 5.02 Å². The Morgan fingerprint density at radius 3 is 2.63 bits per heavy atom. The van der Waals surface area contributed by atoms with Crippen molar-refractivity contribution in [2.75, 3.05) is 0 Å². The second kappa shape index (κ2) is 6.27. The number of thiophene rings is 1. The molecule has 0 saturated carbocycles. The van der Waals surface area contributed by atoms with Gasteiger partial charge in [0, 0.05) is 15.9 Å². The Kier molecular flexibility index (Phi) is 4.90. The van der Waals surface area contributed by atoms with E-state index in [0.29, 0.717) is 5.02 Å². The first kappa shape index (κ1) is 14.9. The van der Waals surface area contributed by atoms with E-state index in [4.69, 9.17) is 22.1 Å². The highest BCUT2D eigenvalue weighted by atomic mass is 79.9. The van der Waals surface area contributed by atoms with Crippen LogP contribution in [0.4, 0.5) is 0 Å². The number of hydrogen-bond donors (Lipinski definition) is 1. The molecule has 19 heavy (non-hydrogen) atoms. The lowest BCUT2D eigenvalue weighted by Gasteiger charge is -2.23. The van der Waals surface area contributed by atoms with Crippen molar-refractivity contribution in [2.24, 2.45) is 5.73 Å². The van der Waals surface area contributed by atoms with Gasteiger partial charge in [-0.15, -0.1) is 11.3 Å². The van der Waals surface area contributed by atoms with Crippen LogP contribution in [0.25, 0.3) is 0 Å². The summed E-state index contributed by atoms with van der Waals surface area (Å²) < 4.78 is 6.90. The van der Waals surface area contributed by atoms with E-state index in [2.05, 4.69) is 34.3 Å². The third-order valence-corrected chi connectivity index (χ3v) is 4.72. The first-order valence-electron chi connectivity index (χ1n) is 5.90. The summed E-state index contributed by atoms with van der Waals surface area (Å²) in [5.41, 5.74) is 7.27. The minimum absolute atomic E-state index is 0.0973. The van der Waals surface area contributed by atoms with Crippen LogP contribution < -0.4 is 10.5 Å². The Morgan fingerprint density at radius 2 is 2.11 bits per heavy atom. The predicted molar refractivity (Wildman–Crippen MR) is 85.2 cm³/mol. The van der Waals surface area contributed by atoms with Gasteiger partial charge in [0.15, 0.2) is 0 Å². The topological polar surface area (TPSA) is 35.2 Å².